The van der Waals surface area contributed by atoms with E-state index >= 15 is 0 Å². The Morgan fingerprint density at radius 2 is 2.03 bits per heavy atom. The number of aromatic nitrogens is 3. The lowest BCUT2D eigenvalue weighted by Gasteiger charge is -2.27. The molecule has 1 aliphatic heterocycles. The number of pyridine rings is 1. The average molecular weight is 540 g/mol. The number of anilines is 4. The predicted molar refractivity (Wildman–Crippen MR) is 151 cm³/mol. The molecule has 10 nitrogen and oxygen atoms in total. The second-order valence-corrected chi connectivity index (χ2v) is 10.4. The van der Waals surface area contributed by atoms with E-state index in [1.54, 1.807) is 54.3 Å². The molecule has 5 heterocycles. The Kier molecular flexibility index (Phi) is 6.41. The summed E-state index contributed by atoms with van der Waals surface area (Å²) < 4.78 is 5.25. The Labute approximate surface area is 228 Å². The van der Waals surface area contributed by atoms with Gasteiger partial charge in [0.2, 0.25) is 0 Å². The Morgan fingerprint density at radius 3 is 2.79 bits per heavy atom. The van der Waals surface area contributed by atoms with Gasteiger partial charge in [0.1, 0.15) is 17.0 Å². The highest BCUT2D eigenvalue weighted by atomic mass is 32.1. The third-order valence-electron chi connectivity index (χ3n) is 6.57. The van der Waals surface area contributed by atoms with Crippen molar-refractivity contribution >= 4 is 56.2 Å². The quantitative estimate of drug-likeness (QED) is 0.312. The van der Waals surface area contributed by atoms with Gasteiger partial charge in [0.25, 0.3) is 11.8 Å². The molecule has 1 aliphatic rings. The molecule has 0 saturated heterocycles. The number of fused-ring (bicyclic) bond motifs is 3. The molecule has 4 aromatic heterocycles. The van der Waals surface area contributed by atoms with Gasteiger partial charge in [0.05, 0.1) is 35.1 Å². The van der Waals surface area contributed by atoms with Crippen LogP contribution in [0.4, 0.5) is 22.9 Å². The number of furan rings is 1. The van der Waals surface area contributed by atoms with E-state index in [0.717, 1.165) is 32.0 Å². The molecule has 0 radical (unpaired) electrons. The first kappa shape index (κ1) is 24.6. The molecule has 0 fully saturated rings. The van der Waals surface area contributed by atoms with Crippen molar-refractivity contribution in [2.75, 3.05) is 36.2 Å². The van der Waals surface area contributed by atoms with Gasteiger partial charge in [0, 0.05) is 43.6 Å². The van der Waals surface area contributed by atoms with Gasteiger partial charge in [-0.25, -0.2) is 9.97 Å². The molecular weight excluding hydrogens is 514 g/mol. The normalized spacial score (nSPS) is 12.7. The Hall–Kier alpha value is -4.77. The lowest BCUT2D eigenvalue weighted by Crippen LogP contribution is -2.35. The van der Waals surface area contributed by atoms with Crippen LogP contribution in [0.3, 0.4) is 0 Å². The molecule has 0 aliphatic carbocycles. The molecule has 0 bridgehead atoms. The summed E-state index contributed by atoms with van der Waals surface area (Å²) in [5.74, 6) is 0.560. The van der Waals surface area contributed by atoms with Gasteiger partial charge < -0.3 is 24.9 Å². The second-order valence-electron chi connectivity index (χ2n) is 9.31. The number of hydrogen-bond acceptors (Lipinski definition) is 9. The predicted octanol–water partition coefficient (Wildman–Crippen LogP) is 4.94. The van der Waals surface area contributed by atoms with Crippen molar-refractivity contribution in [3.8, 4) is 0 Å². The maximum Gasteiger partial charge on any atom is 0.291 e. The number of benzene rings is 1. The zero-order valence-corrected chi connectivity index (χ0v) is 22.2. The minimum absolute atomic E-state index is 0.0271. The van der Waals surface area contributed by atoms with Gasteiger partial charge >= 0.3 is 0 Å². The van der Waals surface area contributed by atoms with E-state index < -0.39 is 0 Å². The monoisotopic (exact) mass is 539 g/mol. The summed E-state index contributed by atoms with van der Waals surface area (Å²) in [7, 11) is 3.83. The summed E-state index contributed by atoms with van der Waals surface area (Å²) >= 11 is 1.58. The minimum atomic E-state index is -0.332. The second kappa shape index (κ2) is 10.2. The van der Waals surface area contributed by atoms with Gasteiger partial charge in [-0.2, -0.15) is 0 Å². The molecule has 39 heavy (non-hydrogen) atoms. The highest BCUT2D eigenvalue weighted by Gasteiger charge is 2.27. The van der Waals surface area contributed by atoms with E-state index in [4.69, 9.17) is 4.42 Å². The minimum Gasteiger partial charge on any atom is -0.459 e. The number of nitrogens with zero attached hydrogens (tertiary/aromatic N) is 5. The number of nitrogens with one attached hydrogen (secondary N) is 2. The summed E-state index contributed by atoms with van der Waals surface area (Å²) in [6, 6.07) is 12.6. The van der Waals surface area contributed by atoms with Crippen LogP contribution in [-0.2, 0) is 13.0 Å². The molecule has 1 aromatic carbocycles. The maximum absolute atomic E-state index is 13.0. The fourth-order valence-electron chi connectivity index (χ4n) is 4.70. The van der Waals surface area contributed by atoms with Crippen LogP contribution in [0, 0.1) is 0 Å². The Morgan fingerprint density at radius 1 is 1.13 bits per heavy atom. The molecule has 196 valence electrons. The van der Waals surface area contributed by atoms with Crippen LogP contribution in [0.2, 0.25) is 0 Å². The van der Waals surface area contributed by atoms with E-state index in [1.807, 2.05) is 42.1 Å². The number of carbonyl (C=O) groups excluding carboxylic acids is 2. The van der Waals surface area contributed by atoms with E-state index in [0.29, 0.717) is 36.6 Å². The van der Waals surface area contributed by atoms with Crippen molar-refractivity contribution in [2.24, 2.45) is 0 Å². The van der Waals surface area contributed by atoms with Gasteiger partial charge in [-0.15, -0.1) is 11.3 Å². The van der Waals surface area contributed by atoms with E-state index in [9.17, 15) is 9.59 Å². The fraction of sp³-hybridized carbons (Fsp3) is 0.179. The van der Waals surface area contributed by atoms with Crippen LogP contribution in [0.25, 0.3) is 10.2 Å². The van der Waals surface area contributed by atoms with Gasteiger partial charge in [0.15, 0.2) is 5.76 Å². The topological polar surface area (TPSA) is 116 Å². The maximum atomic E-state index is 13.0. The third kappa shape index (κ3) is 4.79. The molecule has 2 amide bonds. The number of carbonyl (C=O) groups is 2. The molecular formula is C28H25N7O3S. The van der Waals surface area contributed by atoms with Crippen molar-refractivity contribution in [1.29, 1.82) is 0 Å². The van der Waals surface area contributed by atoms with Crippen molar-refractivity contribution < 1.29 is 14.0 Å². The molecule has 6 rings (SSSR count). The summed E-state index contributed by atoms with van der Waals surface area (Å²) in [5, 5.41) is 7.34. The third-order valence-corrected chi connectivity index (χ3v) is 7.69. The number of rotatable bonds is 6. The molecule has 0 unspecified atom stereocenters. The number of thiophene rings is 1. The fourth-order valence-corrected chi connectivity index (χ4v) is 5.90. The molecule has 2 N–H and O–H groups in total. The molecule has 0 atom stereocenters. The summed E-state index contributed by atoms with van der Waals surface area (Å²) in [4.78, 5) is 44.6. The first-order chi connectivity index (χ1) is 19.0. The standard InChI is InChI=1S/C28H25N7O3S/c1-34(2)21-8-7-18(13-20(21)33-26(36)22-6-4-12-38-22)32-25-24-19-9-11-35(28(37)17-5-3-10-29-14-17)15-23(19)39-27(24)31-16-30-25/h3-8,10,12-14,16H,9,11,15H2,1-2H3,(H,33,36)(H,30,31,32). The van der Waals surface area contributed by atoms with Crippen LogP contribution >= 0.6 is 11.3 Å². The molecule has 0 spiro atoms. The van der Waals surface area contributed by atoms with Crippen LogP contribution < -0.4 is 15.5 Å². The number of hydrogen-bond donors (Lipinski definition) is 2. The molecule has 0 saturated carbocycles. The van der Waals surface area contributed by atoms with E-state index in [2.05, 4.69) is 25.6 Å². The van der Waals surface area contributed by atoms with Gasteiger partial charge in [-0.3, -0.25) is 14.6 Å². The first-order valence-electron chi connectivity index (χ1n) is 12.4. The number of amides is 2. The van der Waals surface area contributed by atoms with Gasteiger partial charge in [-0.1, -0.05) is 0 Å². The zero-order valence-electron chi connectivity index (χ0n) is 21.3. The first-order valence-corrected chi connectivity index (χ1v) is 13.2. The SMILES string of the molecule is CN(C)c1ccc(Nc2ncnc3sc4c(c23)CCN(C(=O)c2cccnc2)C4)cc1NC(=O)c1ccco1. The Bertz CT molecular complexity index is 1670. The lowest BCUT2D eigenvalue weighted by atomic mass is 10.0. The highest BCUT2D eigenvalue weighted by Crippen LogP contribution is 2.39. The van der Waals surface area contributed by atoms with Crippen molar-refractivity contribution in [2.45, 2.75) is 13.0 Å². The zero-order chi connectivity index (χ0) is 26.9. The highest BCUT2D eigenvalue weighted by molar-refractivity contribution is 7.19. The molecule has 11 heteroatoms. The lowest BCUT2D eigenvalue weighted by molar-refractivity contribution is 0.0737. The van der Waals surface area contributed by atoms with E-state index in [-0.39, 0.29) is 17.6 Å². The van der Waals surface area contributed by atoms with Crippen molar-refractivity contribution in [3.63, 3.8) is 0 Å². The van der Waals surface area contributed by atoms with Crippen LogP contribution in [0.15, 0.2) is 71.9 Å². The summed E-state index contributed by atoms with van der Waals surface area (Å²) in [5.41, 5.74) is 3.98. The van der Waals surface area contributed by atoms with Crippen molar-refractivity contribution in [1.82, 2.24) is 19.9 Å². The summed E-state index contributed by atoms with van der Waals surface area (Å²) in [6.45, 7) is 1.12. The summed E-state index contributed by atoms with van der Waals surface area (Å²) in [6.07, 6.45) is 6.97. The Balaban J connectivity index is 1.29. The van der Waals surface area contributed by atoms with Crippen LogP contribution in [-0.4, -0.2) is 52.3 Å². The molecule has 5 aromatic rings. The van der Waals surface area contributed by atoms with Crippen LogP contribution in [0.5, 0.6) is 0 Å². The van der Waals surface area contributed by atoms with E-state index in [1.165, 1.54) is 6.26 Å². The smallest absolute Gasteiger partial charge is 0.291 e. The largest absolute Gasteiger partial charge is 0.459 e. The van der Waals surface area contributed by atoms with Crippen molar-refractivity contribution in [3.05, 3.63) is 89.2 Å². The van der Waals surface area contributed by atoms with Gasteiger partial charge in [-0.05, 0) is 54.4 Å². The average Bonchev–Trinajstić information content (AvgIpc) is 3.62. The van der Waals surface area contributed by atoms with Crippen LogP contribution in [0.1, 0.15) is 31.4 Å².